The molecule has 1 N–H and O–H groups in total. The van der Waals surface area contributed by atoms with E-state index in [1.807, 2.05) is 7.05 Å². The van der Waals surface area contributed by atoms with Crippen LogP contribution in [0.2, 0.25) is 0 Å². The molecule has 1 rings (SSSR count). The fraction of sp³-hybridized carbons (Fsp3) is 0.909. The minimum Gasteiger partial charge on any atom is -0.319 e. The van der Waals surface area contributed by atoms with Gasteiger partial charge in [-0.15, -0.1) is 0 Å². The van der Waals surface area contributed by atoms with Gasteiger partial charge in [0.05, 0.1) is 0 Å². The summed E-state index contributed by atoms with van der Waals surface area (Å²) < 4.78 is 0. The molecule has 0 heterocycles. The zero-order chi connectivity index (χ0) is 8.97. The fourth-order valence-corrected chi connectivity index (χ4v) is 2.06. The second-order valence-corrected chi connectivity index (χ2v) is 3.89. The van der Waals surface area contributed by atoms with E-state index in [9.17, 15) is 4.79 Å². The second kappa shape index (κ2) is 6.14. The highest BCUT2D eigenvalue weighted by molar-refractivity contribution is 5.78. The first-order valence-corrected chi connectivity index (χ1v) is 4.89. The lowest BCUT2D eigenvalue weighted by atomic mass is 9.80. The van der Waals surface area contributed by atoms with E-state index in [4.69, 9.17) is 0 Å². The van der Waals surface area contributed by atoms with Crippen molar-refractivity contribution in [3.05, 3.63) is 0 Å². The number of hydrogen-bond donors (Lipinski definition) is 1. The second-order valence-electron chi connectivity index (χ2n) is 3.89. The van der Waals surface area contributed by atoms with Crippen molar-refractivity contribution in [2.24, 2.45) is 11.8 Å². The summed E-state index contributed by atoms with van der Waals surface area (Å²) in [5.41, 5.74) is 0. The predicted molar refractivity (Wildman–Crippen MR) is 56.8 cm³/mol. The summed E-state index contributed by atoms with van der Waals surface area (Å²) in [5.74, 6) is 1.57. The van der Waals surface area contributed by atoms with Crippen LogP contribution < -0.4 is 5.32 Å². The largest absolute Gasteiger partial charge is 0.319 e. The lowest BCUT2D eigenvalue weighted by molar-refractivity contribution is -0.121. The lowest BCUT2D eigenvalue weighted by Crippen LogP contribution is -2.26. The van der Waals surface area contributed by atoms with Crippen LogP contribution in [0.3, 0.4) is 0 Å². The molecule has 0 unspecified atom stereocenters. The van der Waals surface area contributed by atoms with Crippen LogP contribution in [0.15, 0.2) is 0 Å². The Morgan fingerprint density at radius 2 is 1.85 bits per heavy atom. The number of nitrogens with one attached hydrogen (secondary N) is 1. The van der Waals surface area contributed by atoms with Crippen molar-refractivity contribution < 1.29 is 4.79 Å². The van der Waals surface area contributed by atoms with Crippen molar-refractivity contribution in [1.29, 1.82) is 0 Å². The van der Waals surface area contributed by atoms with Gasteiger partial charge in [0.1, 0.15) is 5.78 Å². The highest BCUT2D eigenvalue weighted by Gasteiger charge is 2.22. The van der Waals surface area contributed by atoms with E-state index in [0.717, 1.165) is 25.3 Å². The Bertz CT molecular complexity index is 148. The van der Waals surface area contributed by atoms with Gasteiger partial charge in [0.2, 0.25) is 0 Å². The number of rotatable bonds is 3. The zero-order valence-corrected chi connectivity index (χ0v) is 8.10. The first-order chi connectivity index (χ1) is 5.74. The normalized spacial score (nSPS) is 27.8. The minimum atomic E-state index is 0. The highest BCUT2D eigenvalue weighted by atomic mass is 16.1. The van der Waals surface area contributed by atoms with Crippen LogP contribution in [0.25, 0.3) is 0 Å². The van der Waals surface area contributed by atoms with E-state index in [2.05, 4.69) is 5.32 Å². The maximum Gasteiger partial charge on any atom is 0.132 e. The van der Waals surface area contributed by atoms with Crippen LogP contribution in [-0.2, 0) is 4.79 Å². The Morgan fingerprint density at radius 3 is 2.23 bits per heavy atom. The standard InChI is InChI=1S/C10H19NO.CH4/c1-8(12)10-5-3-9(4-6-10)7-11-2;/h9-11H,3-7H2,1-2H3;1H4. The molecule has 1 aliphatic rings. The molecular weight excluding hydrogens is 162 g/mol. The third-order valence-electron chi connectivity index (χ3n) is 2.91. The van der Waals surface area contributed by atoms with Gasteiger partial charge >= 0.3 is 0 Å². The third kappa shape index (κ3) is 3.90. The van der Waals surface area contributed by atoms with Crippen LogP contribution in [0.5, 0.6) is 0 Å². The fourth-order valence-electron chi connectivity index (χ4n) is 2.06. The summed E-state index contributed by atoms with van der Waals surface area (Å²) in [7, 11) is 2.00. The van der Waals surface area contributed by atoms with Gasteiger partial charge in [-0.1, -0.05) is 7.43 Å². The molecule has 1 saturated carbocycles. The average Bonchev–Trinajstić information content (AvgIpc) is 2.06. The molecule has 0 aromatic carbocycles. The first kappa shape index (κ1) is 12.6. The van der Waals surface area contributed by atoms with Crippen molar-refractivity contribution in [3.63, 3.8) is 0 Å². The van der Waals surface area contributed by atoms with E-state index in [-0.39, 0.29) is 7.43 Å². The maximum absolute atomic E-state index is 11.0. The lowest BCUT2D eigenvalue weighted by Gasteiger charge is -2.26. The molecule has 0 radical (unpaired) electrons. The summed E-state index contributed by atoms with van der Waals surface area (Å²) in [6.45, 7) is 2.84. The molecule has 13 heavy (non-hydrogen) atoms. The van der Waals surface area contributed by atoms with Gasteiger partial charge in [-0.2, -0.15) is 0 Å². The van der Waals surface area contributed by atoms with Crippen LogP contribution in [0, 0.1) is 11.8 Å². The molecule has 0 amide bonds. The van der Waals surface area contributed by atoms with Gasteiger partial charge < -0.3 is 5.32 Å². The molecule has 1 aliphatic carbocycles. The van der Waals surface area contributed by atoms with Gasteiger partial charge in [0.25, 0.3) is 0 Å². The number of carbonyl (C=O) groups is 1. The van der Waals surface area contributed by atoms with E-state index < -0.39 is 0 Å². The monoisotopic (exact) mass is 185 g/mol. The molecular formula is C11H23NO. The quantitative estimate of drug-likeness (QED) is 0.730. The number of carbonyl (C=O) groups excluding carboxylic acids is 1. The van der Waals surface area contributed by atoms with E-state index in [1.165, 1.54) is 12.8 Å². The molecule has 0 aliphatic heterocycles. The maximum atomic E-state index is 11.0. The van der Waals surface area contributed by atoms with Crippen molar-refractivity contribution in [2.45, 2.75) is 40.0 Å². The van der Waals surface area contributed by atoms with Crippen molar-refractivity contribution in [3.8, 4) is 0 Å². The number of hydrogen-bond acceptors (Lipinski definition) is 2. The molecule has 78 valence electrons. The molecule has 0 bridgehead atoms. The van der Waals surface area contributed by atoms with Gasteiger partial charge in [0.15, 0.2) is 0 Å². The van der Waals surface area contributed by atoms with Gasteiger partial charge in [-0.25, -0.2) is 0 Å². The predicted octanol–water partition coefficient (Wildman–Crippen LogP) is 2.24. The molecule has 0 aromatic rings. The minimum absolute atomic E-state index is 0. The Labute approximate surface area is 82.1 Å². The topological polar surface area (TPSA) is 29.1 Å². The van der Waals surface area contributed by atoms with Crippen molar-refractivity contribution in [1.82, 2.24) is 5.32 Å². The Hall–Kier alpha value is -0.370. The third-order valence-corrected chi connectivity index (χ3v) is 2.91. The zero-order valence-electron chi connectivity index (χ0n) is 8.10. The van der Waals surface area contributed by atoms with Crippen LogP contribution in [0.4, 0.5) is 0 Å². The molecule has 0 saturated heterocycles. The van der Waals surface area contributed by atoms with E-state index in [0.29, 0.717) is 11.7 Å². The highest BCUT2D eigenvalue weighted by Crippen LogP contribution is 2.28. The summed E-state index contributed by atoms with van der Waals surface area (Å²) >= 11 is 0. The van der Waals surface area contributed by atoms with E-state index >= 15 is 0 Å². The summed E-state index contributed by atoms with van der Waals surface area (Å²) in [6.07, 6.45) is 4.68. The van der Waals surface area contributed by atoms with Gasteiger partial charge in [-0.05, 0) is 52.1 Å². The van der Waals surface area contributed by atoms with Crippen LogP contribution >= 0.6 is 0 Å². The van der Waals surface area contributed by atoms with Crippen LogP contribution in [0.1, 0.15) is 40.0 Å². The summed E-state index contributed by atoms with van der Waals surface area (Å²) in [6, 6.07) is 0. The van der Waals surface area contributed by atoms with Crippen LogP contribution in [-0.4, -0.2) is 19.4 Å². The smallest absolute Gasteiger partial charge is 0.132 e. The molecule has 0 atom stereocenters. The molecule has 2 heteroatoms. The number of ketones is 1. The molecule has 1 fully saturated rings. The Kier molecular flexibility index (Phi) is 5.97. The number of Topliss-reactive ketones (excluding diaryl/α,β-unsaturated/α-hetero) is 1. The Morgan fingerprint density at radius 1 is 1.31 bits per heavy atom. The summed E-state index contributed by atoms with van der Waals surface area (Å²) in [5, 5.41) is 3.20. The van der Waals surface area contributed by atoms with Gasteiger partial charge in [0, 0.05) is 5.92 Å². The first-order valence-electron chi connectivity index (χ1n) is 4.89. The van der Waals surface area contributed by atoms with E-state index in [1.54, 1.807) is 6.92 Å². The Balaban J connectivity index is 0.00000144. The molecule has 2 nitrogen and oxygen atoms in total. The van der Waals surface area contributed by atoms with Crippen molar-refractivity contribution in [2.75, 3.05) is 13.6 Å². The molecule has 0 spiro atoms. The van der Waals surface area contributed by atoms with Gasteiger partial charge in [-0.3, -0.25) is 4.79 Å². The SMILES string of the molecule is C.CNCC1CCC(C(C)=O)CC1. The van der Waals surface area contributed by atoms with Crippen molar-refractivity contribution >= 4 is 5.78 Å². The molecule has 0 aromatic heterocycles. The average molecular weight is 185 g/mol. The summed E-state index contributed by atoms with van der Waals surface area (Å²) in [4.78, 5) is 11.0.